The Hall–Kier alpha value is -0.410. The van der Waals surface area contributed by atoms with E-state index in [1.54, 1.807) is 0 Å². The Balaban J connectivity index is 2.43. The molecule has 0 aliphatic heterocycles. The molecule has 0 aliphatic carbocycles. The molecular weight excluding hydrogens is 264 g/mol. The van der Waals surface area contributed by atoms with Crippen molar-refractivity contribution in [3.8, 4) is 0 Å². The van der Waals surface area contributed by atoms with Crippen molar-refractivity contribution >= 4 is 15.9 Å². The van der Waals surface area contributed by atoms with Crippen molar-refractivity contribution in [1.82, 2.24) is 10.3 Å². The van der Waals surface area contributed by atoms with Gasteiger partial charge in [0.05, 0.1) is 0 Å². The molecule has 0 fully saturated rings. The predicted molar refractivity (Wildman–Crippen MR) is 72.6 cm³/mol. The molecule has 1 aromatic heterocycles. The average molecular weight is 285 g/mol. The van der Waals surface area contributed by atoms with Gasteiger partial charge in [-0.25, -0.2) is 0 Å². The zero-order valence-electron chi connectivity index (χ0n) is 10.2. The SMILES string of the molecule is CCCNCC(CC)Cc1cncc(Br)c1. The van der Waals surface area contributed by atoms with Crippen molar-refractivity contribution in [2.24, 2.45) is 5.92 Å². The van der Waals surface area contributed by atoms with Gasteiger partial charge in [-0.05, 0) is 59.4 Å². The van der Waals surface area contributed by atoms with E-state index in [9.17, 15) is 0 Å². The third-order valence-corrected chi connectivity index (χ3v) is 3.16. The van der Waals surface area contributed by atoms with Crippen molar-refractivity contribution in [2.45, 2.75) is 33.1 Å². The molecule has 0 saturated carbocycles. The van der Waals surface area contributed by atoms with E-state index in [4.69, 9.17) is 0 Å². The molecule has 90 valence electrons. The summed E-state index contributed by atoms with van der Waals surface area (Å²) < 4.78 is 1.07. The van der Waals surface area contributed by atoms with Gasteiger partial charge < -0.3 is 5.32 Å². The summed E-state index contributed by atoms with van der Waals surface area (Å²) in [7, 11) is 0. The first-order chi connectivity index (χ1) is 7.76. The van der Waals surface area contributed by atoms with E-state index in [0.717, 1.165) is 24.0 Å². The van der Waals surface area contributed by atoms with Crippen LogP contribution in [0.4, 0.5) is 0 Å². The van der Waals surface area contributed by atoms with E-state index in [-0.39, 0.29) is 0 Å². The number of hydrogen-bond acceptors (Lipinski definition) is 2. The van der Waals surface area contributed by atoms with E-state index in [1.807, 2.05) is 12.4 Å². The highest BCUT2D eigenvalue weighted by Gasteiger charge is 2.07. The molecule has 1 unspecified atom stereocenters. The molecule has 3 heteroatoms. The van der Waals surface area contributed by atoms with E-state index in [2.05, 4.69) is 46.1 Å². The minimum atomic E-state index is 0.711. The van der Waals surface area contributed by atoms with Crippen molar-refractivity contribution in [3.05, 3.63) is 28.5 Å². The van der Waals surface area contributed by atoms with Crippen molar-refractivity contribution in [2.75, 3.05) is 13.1 Å². The van der Waals surface area contributed by atoms with Crippen LogP contribution in [0.3, 0.4) is 0 Å². The molecule has 1 rings (SSSR count). The maximum atomic E-state index is 4.20. The van der Waals surface area contributed by atoms with Crippen LogP contribution in [-0.4, -0.2) is 18.1 Å². The number of nitrogens with zero attached hydrogens (tertiary/aromatic N) is 1. The molecule has 16 heavy (non-hydrogen) atoms. The smallest absolute Gasteiger partial charge is 0.0410 e. The van der Waals surface area contributed by atoms with E-state index in [1.165, 1.54) is 18.4 Å². The van der Waals surface area contributed by atoms with Crippen molar-refractivity contribution in [3.63, 3.8) is 0 Å². The van der Waals surface area contributed by atoms with Crippen LogP contribution < -0.4 is 5.32 Å². The first-order valence-electron chi connectivity index (χ1n) is 6.06. The Labute approximate surface area is 107 Å². The Morgan fingerprint density at radius 3 is 2.81 bits per heavy atom. The van der Waals surface area contributed by atoms with Gasteiger partial charge in [0.1, 0.15) is 0 Å². The summed E-state index contributed by atoms with van der Waals surface area (Å²) >= 11 is 3.46. The second-order valence-corrected chi connectivity index (χ2v) is 5.11. The quantitative estimate of drug-likeness (QED) is 0.777. The van der Waals surface area contributed by atoms with Gasteiger partial charge in [-0.15, -0.1) is 0 Å². The Morgan fingerprint density at radius 1 is 1.38 bits per heavy atom. The summed E-state index contributed by atoms with van der Waals surface area (Å²) in [6.45, 7) is 6.68. The van der Waals surface area contributed by atoms with E-state index >= 15 is 0 Å². The van der Waals surface area contributed by atoms with Gasteiger partial charge in [0.2, 0.25) is 0 Å². The van der Waals surface area contributed by atoms with Crippen LogP contribution in [0.2, 0.25) is 0 Å². The lowest BCUT2D eigenvalue weighted by Gasteiger charge is -2.15. The summed E-state index contributed by atoms with van der Waals surface area (Å²) in [5, 5.41) is 3.49. The number of nitrogens with one attached hydrogen (secondary N) is 1. The fourth-order valence-electron chi connectivity index (χ4n) is 1.74. The van der Waals surface area contributed by atoms with Gasteiger partial charge in [-0.1, -0.05) is 20.3 Å². The van der Waals surface area contributed by atoms with Gasteiger partial charge in [0.15, 0.2) is 0 Å². The van der Waals surface area contributed by atoms with E-state index < -0.39 is 0 Å². The molecule has 1 heterocycles. The van der Waals surface area contributed by atoms with Crippen LogP contribution in [0.25, 0.3) is 0 Å². The molecular formula is C13H21BrN2. The summed E-state index contributed by atoms with van der Waals surface area (Å²) in [6.07, 6.45) is 7.32. The van der Waals surface area contributed by atoms with Crippen molar-refractivity contribution < 1.29 is 0 Å². The molecule has 1 aromatic rings. The summed E-state index contributed by atoms with van der Waals surface area (Å²) in [6, 6.07) is 2.16. The molecule has 0 amide bonds. The zero-order chi connectivity index (χ0) is 11.8. The number of rotatable bonds is 7. The lowest BCUT2D eigenvalue weighted by atomic mass is 9.98. The van der Waals surface area contributed by atoms with Crippen LogP contribution >= 0.6 is 15.9 Å². The van der Waals surface area contributed by atoms with Gasteiger partial charge >= 0.3 is 0 Å². The third kappa shape index (κ3) is 5.08. The topological polar surface area (TPSA) is 24.9 Å². The highest BCUT2D eigenvalue weighted by Crippen LogP contribution is 2.15. The largest absolute Gasteiger partial charge is 0.316 e. The van der Waals surface area contributed by atoms with Gasteiger partial charge in [0, 0.05) is 16.9 Å². The first kappa shape index (κ1) is 13.7. The molecule has 1 atom stereocenters. The predicted octanol–water partition coefficient (Wildman–Crippen LogP) is 3.41. The fraction of sp³-hybridized carbons (Fsp3) is 0.615. The normalized spacial score (nSPS) is 12.7. The van der Waals surface area contributed by atoms with Crippen molar-refractivity contribution in [1.29, 1.82) is 0 Å². The summed E-state index contributed by atoms with van der Waals surface area (Å²) in [5.41, 5.74) is 1.32. The minimum Gasteiger partial charge on any atom is -0.316 e. The minimum absolute atomic E-state index is 0.711. The molecule has 0 spiro atoms. The third-order valence-electron chi connectivity index (χ3n) is 2.72. The van der Waals surface area contributed by atoms with Crippen LogP contribution in [0, 0.1) is 5.92 Å². The van der Waals surface area contributed by atoms with Crippen LogP contribution in [0.5, 0.6) is 0 Å². The monoisotopic (exact) mass is 284 g/mol. The zero-order valence-corrected chi connectivity index (χ0v) is 11.8. The average Bonchev–Trinajstić information content (AvgIpc) is 2.28. The van der Waals surface area contributed by atoms with E-state index in [0.29, 0.717) is 5.92 Å². The van der Waals surface area contributed by atoms with Gasteiger partial charge in [-0.2, -0.15) is 0 Å². The summed E-state index contributed by atoms with van der Waals surface area (Å²) in [5.74, 6) is 0.711. The Bertz CT molecular complexity index is 302. The standard InChI is InChI=1S/C13H21BrN2/c1-3-5-15-8-11(4-2)6-12-7-13(14)10-16-9-12/h7,9-11,15H,3-6,8H2,1-2H3. The molecule has 0 saturated heterocycles. The highest BCUT2D eigenvalue weighted by atomic mass is 79.9. The molecule has 2 nitrogen and oxygen atoms in total. The Morgan fingerprint density at radius 2 is 2.19 bits per heavy atom. The van der Waals surface area contributed by atoms with Crippen LogP contribution in [0.1, 0.15) is 32.3 Å². The maximum absolute atomic E-state index is 4.20. The molecule has 0 radical (unpaired) electrons. The summed E-state index contributed by atoms with van der Waals surface area (Å²) in [4.78, 5) is 4.20. The van der Waals surface area contributed by atoms with Gasteiger partial charge in [0.25, 0.3) is 0 Å². The second-order valence-electron chi connectivity index (χ2n) is 4.19. The first-order valence-corrected chi connectivity index (χ1v) is 6.85. The molecule has 1 N–H and O–H groups in total. The molecule has 0 bridgehead atoms. The lowest BCUT2D eigenvalue weighted by Crippen LogP contribution is -2.24. The fourth-order valence-corrected chi connectivity index (χ4v) is 2.16. The highest BCUT2D eigenvalue weighted by molar-refractivity contribution is 9.10. The maximum Gasteiger partial charge on any atom is 0.0410 e. The number of halogens is 1. The van der Waals surface area contributed by atoms with Gasteiger partial charge in [-0.3, -0.25) is 4.98 Å². The van der Waals surface area contributed by atoms with Crippen LogP contribution in [0.15, 0.2) is 22.9 Å². The second kappa shape index (κ2) is 7.80. The molecule has 0 aromatic carbocycles. The number of hydrogen-bond donors (Lipinski definition) is 1. The number of aromatic nitrogens is 1. The number of pyridine rings is 1. The molecule has 0 aliphatic rings. The van der Waals surface area contributed by atoms with Crippen LogP contribution in [-0.2, 0) is 6.42 Å². The Kier molecular flexibility index (Phi) is 6.65. The lowest BCUT2D eigenvalue weighted by molar-refractivity contribution is 0.460.